The molecule has 5 N–H and O–H groups in total. The van der Waals surface area contributed by atoms with Crippen LogP contribution in [0.2, 0.25) is 10.0 Å². The highest BCUT2D eigenvalue weighted by Crippen LogP contribution is 2.32. The van der Waals surface area contributed by atoms with Gasteiger partial charge in [0.25, 0.3) is 5.91 Å². The van der Waals surface area contributed by atoms with Crippen LogP contribution in [-0.4, -0.2) is 5.91 Å². The third-order valence-corrected chi connectivity index (χ3v) is 3.55. The second-order valence-corrected chi connectivity index (χ2v) is 5.19. The summed E-state index contributed by atoms with van der Waals surface area (Å²) in [6.45, 7) is 1.85. The van der Waals surface area contributed by atoms with Crippen molar-refractivity contribution in [2.24, 2.45) is 5.73 Å². The molecule has 104 valence electrons. The molecule has 2 aromatic rings. The van der Waals surface area contributed by atoms with Crippen molar-refractivity contribution in [3.05, 3.63) is 51.5 Å². The second-order valence-electron chi connectivity index (χ2n) is 4.38. The molecule has 6 heteroatoms. The molecule has 4 nitrogen and oxygen atoms in total. The smallest absolute Gasteiger partial charge is 0.250 e. The van der Waals surface area contributed by atoms with E-state index in [1.54, 1.807) is 30.3 Å². The molecule has 0 aliphatic heterocycles. The topological polar surface area (TPSA) is 81.1 Å². The lowest BCUT2D eigenvalue weighted by atomic mass is 10.1. The Morgan fingerprint density at radius 1 is 1.10 bits per heavy atom. The summed E-state index contributed by atoms with van der Waals surface area (Å²) in [6, 6.07) is 8.21. The number of nitrogens with two attached hydrogens (primary N) is 2. The van der Waals surface area contributed by atoms with Crippen LogP contribution in [0.15, 0.2) is 30.3 Å². The van der Waals surface area contributed by atoms with Crippen LogP contribution in [-0.2, 0) is 0 Å². The first-order chi connectivity index (χ1) is 9.38. The highest BCUT2D eigenvalue weighted by molar-refractivity contribution is 6.36. The summed E-state index contributed by atoms with van der Waals surface area (Å²) < 4.78 is 0. The first-order valence-corrected chi connectivity index (χ1v) is 6.56. The number of carbonyl (C=O) groups excluding carboxylic acids is 1. The third kappa shape index (κ3) is 2.98. The number of rotatable bonds is 3. The van der Waals surface area contributed by atoms with Crippen LogP contribution >= 0.6 is 23.2 Å². The number of aryl methyl sites for hydroxylation is 1. The molecule has 2 rings (SSSR count). The molecule has 0 heterocycles. The Morgan fingerprint density at radius 3 is 2.45 bits per heavy atom. The van der Waals surface area contributed by atoms with E-state index < -0.39 is 5.91 Å². The van der Waals surface area contributed by atoms with E-state index in [0.717, 1.165) is 5.56 Å². The highest BCUT2D eigenvalue weighted by Gasteiger charge is 2.11. The Bertz CT molecular complexity index is 686. The van der Waals surface area contributed by atoms with Crippen molar-refractivity contribution in [1.82, 2.24) is 0 Å². The molecule has 0 unspecified atom stereocenters. The summed E-state index contributed by atoms with van der Waals surface area (Å²) in [4.78, 5) is 11.4. The van der Waals surface area contributed by atoms with Gasteiger partial charge in [-0.2, -0.15) is 0 Å². The van der Waals surface area contributed by atoms with Gasteiger partial charge in [0.1, 0.15) is 0 Å². The van der Waals surface area contributed by atoms with Gasteiger partial charge in [0.2, 0.25) is 0 Å². The van der Waals surface area contributed by atoms with Crippen molar-refractivity contribution >= 4 is 46.2 Å². The van der Waals surface area contributed by atoms with Crippen molar-refractivity contribution in [2.45, 2.75) is 6.92 Å². The van der Waals surface area contributed by atoms with Gasteiger partial charge in [-0.3, -0.25) is 4.79 Å². The van der Waals surface area contributed by atoms with Crippen molar-refractivity contribution in [3.8, 4) is 0 Å². The Balaban J connectivity index is 2.47. The zero-order valence-electron chi connectivity index (χ0n) is 10.7. The average Bonchev–Trinajstić information content (AvgIpc) is 2.35. The van der Waals surface area contributed by atoms with Gasteiger partial charge >= 0.3 is 0 Å². The molecule has 0 saturated heterocycles. The van der Waals surface area contributed by atoms with Gasteiger partial charge in [-0.05, 0) is 42.8 Å². The number of nitrogens with one attached hydrogen (secondary N) is 1. The first-order valence-electron chi connectivity index (χ1n) is 5.80. The molecule has 1 amide bonds. The summed E-state index contributed by atoms with van der Waals surface area (Å²) in [5, 5.41) is 4.10. The van der Waals surface area contributed by atoms with Crippen LogP contribution in [0.1, 0.15) is 15.9 Å². The fourth-order valence-electron chi connectivity index (χ4n) is 1.77. The molecule has 20 heavy (non-hydrogen) atoms. The first kappa shape index (κ1) is 14.5. The molecule has 0 saturated carbocycles. The highest BCUT2D eigenvalue weighted by atomic mass is 35.5. The summed E-state index contributed by atoms with van der Waals surface area (Å²) >= 11 is 12.2. The van der Waals surface area contributed by atoms with Crippen LogP contribution in [0.3, 0.4) is 0 Å². The largest absolute Gasteiger partial charge is 0.399 e. The van der Waals surface area contributed by atoms with Gasteiger partial charge in [0, 0.05) is 10.7 Å². The monoisotopic (exact) mass is 309 g/mol. The number of nitrogen functional groups attached to an aromatic ring is 1. The maximum atomic E-state index is 11.4. The van der Waals surface area contributed by atoms with E-state index in [-0.39, 0.29) is 0 Å². The van der Waals surface area contributed by atoms with Gasteiger partial charge in [-0.1, -0.05) is 23.2 Å². The average molecular weight is 310 g/mol. The molecule has 0 aromatic heterocycles. The number of primary amides is 1. The van der Waals surface area contributed by atoms with E-state index in [4.69, 9.17) is 34.7 Å². The minimum absolute atomic E-state index is 0.326. The van der Waals surface area contributed by atoms with Crippen LogP contribution in [0.5, 0.6) is 0 Å². The summed E-state index contributed by atoms with van der Waals surface area (Å²) in [7, 11) is 0. The van der Waals surface area contributed by atoms with Crippen LogP contribution in [0, 0.1) is 6.92 Å². The summed E-state index contributed by atoms with van der Waals surface area (Å²) in [5.74, 6) is -0.554. The maximum absolute atomic E-state index is 11.4. The van der Waals surface area contributed by atoms with E-state index in [1.165, 1.54) is 0 Å². The lowest BCUT2D eigenvalue weighted by Gasteiger charge is -2.13. The summed E-state index contributed by atoms with van der Waals surface area (Å²) in [6.07, 6.45) is 0. The van der Waals surface area contributed by atoms with Gasteiger partial charge < -0.3 is 16.8 Å². The Morgan fingerprint density at radius 2 is 1.80 bits per heavy atom. The third-order valence-electron chi connectivity index (χ3n) is 2.83. The Hall–Kier alpha value is -1.91. The molecule has 0 aliphatic carbocycles. The maximum Gasteiger partial charge on any atom is 0.250 e. The van der Waals surface area contributed by atoms with E-state index in [9.17, 15) is 4.79 Å². The molecule has 0 radical (unpaired) electrons. The minimum Gasteiger partial charge on any atom is -0.399 e. The quantitative estimate of drug-likeness (QED) is 0.756. The number of anilines is 3. The zero-order chi connectivity index (χ0) is 14.9. The van der Waals surface area contributed by atoms with Gasteiger partial charge in [-0.25, -0.2) is 0 Å². The number of benzene rings is 2. The molecule has 2 aromatic carbocycles. The van der Waals surface area contributed by atoms with E-state index >= 15 is 0 Å². The van der Waals surface area contributed by atoms with Gasteiger partial charge in [0.05, 0.1) is 22.0 Å². The van der Waals surface area contributed by atoms with Crippen LogP contribution in [0.4, 0.5) is 17.1 Å². The van der Waals surface area contributed by atoms with E-state index in [0.29, 0.717) is 32.7 Å². The fourth-order valence-corrected chi connectivity index (χ4v) is 2.20. The molecule has 0 fully saturated rings. The fraction of sp³-hybridized carbons (Fsp3) is 0.0714. The normalized spacial score (nSPS) is 10.3. The number of amides is 1. The second kappa shape index (κ2) is 5.61. The number of carbonyl (C=O) groups is 1. The minimum atomic E-state index is -0.554. The van der Waals surface area contributed by atoms with Crippen molar-refractivity contribution in [2.75, 3.05) is 11.1 Å². The Kier molecular flexibility index (Phi) is 4.06. The number of halogens is 2. The van der Waals surface area contributed by atoms with E-state index in [1.807, 2.05) is 6.92 Å². The predicted molar refractivity (Wildman–Crippen MR) is 83.9 cm³/mol. The summed E-state index contributed by atoms with van der Waals surface area (Å²) in [5.41, 5.74) is 13.8. The SMILES string of the molecule is Cc1cc(Cl)c(Nc2cc(N)ccc2C(N)=O)cc1Cl. The lowest BCUT2D eigenvalue weighted by molar-refractivity contribution is 0.100. The molecule has 0 aliphatic rings. The van der Waals surface area contributed by atoms with Crippen molar-refractivity contribution < 1.29 is 4.79 Å². The standard InChI is InChI=1S/C14H13Cl2N3O/c1-7-4-11(16)13(6-10(7)15)19-12-5-8(17)2-3-9(12)14(18)20/h2-6,19H,17H2,1H3,(H2,18,20). The zero-order valence-corrected chi connectivity index (χ0v) is 12.2. The Labute approximate surface area is 126 Å². The van der Waals surface area contributed by atoms with Gasteiger partial charge in [-0.15, -0.1) is 0 Å². The molecule has 0 atom stereocenters. The van der Waals surface area contributed by atoms with Gasteiger partial charge in [0.15, 0.2) is 0 Å². The lowest BCUT2D eigenvalue weighted by Crippen LogP contribution is -2.13. The van der Waals surface area contributed by atoms with Crippen LogP contribution < -0.4 is 16.8 Å². The molecule has 0 bridgehead atoms. The molecule has 0 spiro atoms. The number of hydrogen-bond acceptors (Lipinski definition) is 3. The predicted octanol–water partition coefficient (Wildman–Crippen LogP) is 3.73. The van der Waals surface area contributed by atoms with E-state index in [2.05, 4.69) is 5.32 Å². The number of hydrogen-bond donors (Lipinski definition) is 3. The van der Waals surface area contributed by atoms with Crippen molar-refractivity contribution in [1.29, 1.82) is 0 Å². The molecular formula is C14H13Cl2N3O. The van der Waals surface area contributed by atoms with Crippen LogP contribution in [0.25, 0.3) is 0 Å². The van der Waals surface area contributed by atoms with Crippen molar-refractivity contribution in [3.63, 3.8) is 0 Å². The molecular weight excluding hydrogens is 297 g/mol.